The van der Waals surface area contributed by atoms with Crippen LogP contribution in [0, 0.1) is 18.3 Å². The maximum Gasteiger partial charge on any atom is 0.271 e. The van der Waals surface area contributed by atoms with Crippen molar-refractivity contribution in [3.05, 3.63) is 67.8 Å². The Morgan fingerprint density at radius 3 is 2.53 bits per heavy atom. The van der Waals surface area contributed by atoms with Crippen LogP contribution in [0.1, 0.15) is 53.4 Å². The van der Waals surface area contributed by atoms with E-state index in [2.05, 4.69) is 0 Å². The van der Waals surface area contributed by atoms with Crippen molar-refractivity contribution in [2.24, 2.45) is 0 Å². The van der Waals surface area contributed by atoms with E-state index in [-0.39, 0.29) is 35.6 Å². The Labute approximate surface area is 195 Å². The molecular weight excluding hydrogens is 446 g/mol. The van der Waals surface area contributed by atoms with Gasteiger partial charge in [-0.2, -0.15) is 5.26 Å². The number of carbonyl (C=O) groups excluding carboxylic acids is 2. The Morgan fingerprint density at radius 1 is 1.28 bits per heavy atom. The fourth-order valence-corrected chi connectivity index (χ4v) is 4.78. The summed E-state index contributed by atoms with van der Waals surface area (Å²) in [5, 5.41) is 20.0. The fraction of sp³-hybridized carbons (Fsp3) is 0.261. The lowest BCUT2D eigenvalue weighted by Gasteiger charge is -2.19. The molecule has 0 unspecified atom stereocenters. The topological polar surface area (TPSA) is 103 Å². The van der Waals surface area contributed by atoms with Crippen LogP contribution in [0.2, 0.25) is 0 Å². The highest BCUT2D eigenvalue weighted by molar-refractivity contribution is 8.26. The third-order valence-corrected chi connectivity index (χ3v) is 6.45. The van der Waals surface area contributed by atoms with Gasteiger partial charge in [0, 0.05) is 19.0 Å². The number of hydrogen-bond donors (Lipinski definition) is 1. The summed E-state index contributed by atoms with van der Waals surface area (Å²) in [5.74, 6) is -1.24. The van der Waals surface area contributed by atoms with E-state index < -0.39 is 23.3 Å². The minimum Gasteiger partial charge on any atom is -0.494 e. The summed E-state index contributed by atoms with van der Waals surface area (Å²) in [5.41, 5.74) is 0.0873. The first-order valence-electron chi connectivity index (χ1n) is 9.89. The number of thioether (sulfide) groups is 1. The molecule has 1 aromatic carbocycles. The van der Waals surface area contributed by atoms with Crippen molar-refractivity contribution in [3.63, 3.8) is 0 Å². The largest absolute Gasteiger partial charge is 0.494 e. The smallest absolute Gasteiger partial charge is 0.271 e. The van der Waals surface area contributed by atoms with Gasteiger partial charge in [0.05, 0.1) is 10.5 Å². The lowest BCUT2D eigenvalue weighted by atomic mass is 9.99. The summed E-state index contributed by atoms with van der Waals surface area (Å²) in [6, 6.07) is 10.7. The molecule has 0 aliphatic carbocycles. The second-order valence-electron chi connectivity index (χ2n) is 7.50. The summed E-state index contributed by atoms with van der Waals surface area (Å²) in [6.45, 7) is 4.83. The van der Waals surface area contributed by atoms with Gasteiger partial charge in [-0.1, -0.05) is 54.3 Å². The van der Waals surface area contributed by atoms with E-state index in [9.17, 15) is 24.8 Å². The molecule has 0 radical (unpaired) electrons. The summed E-state index contributed by atoms with van der Waals surface area (Å²) in [4.78, 5) is 40.1. The number of nitrogens with zero attached hydrogens (tertiary/aromatic N) is 3. The third kappa shape index (κ3) is 4.38. The van der Waals surface area contributed by atoms with E-state index in [1.165, 1.54) is 11.8 Å². The van der Waals surface area contributed by atoms with Crippen LogP contribution in [-0.2, 0) is 4.79 Å². The summed E-state index contributed by atoms with van der Waals surface area (Å²) >= 11 is 6.49. The van der Waals surface area contributed by atoms with Gasteiger partial charge >= 0.3 is 0 Å². The molecule has 164 valence electrons. The van der Waals surface area contributed by atoms with Crippen LogP contribution >= 0.6 is 24.0 Å². The number of aromatic hydroxyl groups is 1. The molecule has 2 aromatic rings. The van der Waals surface area contributed by atoms with Gasteiger partial charge in [-0.15, -0.1) is 0 Å². The molecule has 2 heterocycles. The number of aromatic nitrogens is 1. The molecule has 7 nitrogen and oxygen atoms in total. The zero-order valence-electron chi connectivity index (χ0n) is 17.8. The number of benzene rings is 1. The highest BCUT2D eigenvalue weighted by Gasteiger charge is 2.33. The minimum absolute atomic E-state index is 0.0250. The molecule has 3 rings (SSSR count). The van der Waals surface area contributed by atoms with Gasteiger partial charge < -0.3 is 5.11 Å². The van der Waals surface area contributed by atoms with Crippen molar-refractivity contribution >= 4 is 46.1 Å². The van der Waals surface area contributed by atoms with Gasteiger partial charge in [0.15, 0.2) is 5.78 Å². The molecule has 1 aromatic heterocycles. The standard InChI is InChI=1S/C23H21N3O4S2/c1-13(2)26-20(28)16(12-24)14(3)19(22(26)30)17(27)9-10-25-21(29)18(32-23(25)31)11-15-7-5-4-6-8-15/h4-8,11,13,30H,9-10H2,1-3H3/b18-11-. The first-order valence-corrected chi connectivity index (χ1v) is 11.1. The number of amides is 1. The van der Waals surface area contributed by atoms with E-state index in [1.807, 2.05) is 36.4 Å². The zero-order valence-corrected chi connectivity index (χ0v) is 19.4. The normalized spacial score (nSPS) is 15.0. The molecule has 1 N–H and O–H groups in total. The number of hydrogen-bond acceptors (Lipinski definition) is 7. The molecule has 0 bridgehead atoms. The van der Waals surface area contributed by atoms with Crippen LogP contribution in [0.5, 0.6) is 5.88 Å². The summed E-state index contributed by atoms with van der Waals surface area (Å²) < 4.78 is 1.37. The van der Waals surface area contributed by atoms with Crippen LogP contribution in [0.15, 0.2) is 40.0 Å². The number of pyridine rings is 1. The van der Waals surface area contributed by atoms with Crippen LogP contribution in [-0.4, -0.2) is 37.1 Å². The van der Waals surface area contributed by atoms with Gasteiger partial charge in [0.25, 0.3) is 11.5 Å². The number of rotatable bonds is 6. The Bertz CT molecular complexity index is 1240. The Hall–Kier alpha value is -3.22. The van der Waals surface area contributed by atoms with E-state index in [4.69, 9.17) is 12.2 Å². The molecule has 32 heavy (non-hydrogen) atoms. The first-order chi connectivity index (χ1) is 15.2. The first kappa shape index (κ1) is 23.4. The van der Waals surface area contributed by atoms with Crippen LogP contribution in [0.4, 0.5) is 0 Å². The maximum atomic E-state index is 13.0. The number of nitriles is 1. The summed E-state index contributed by atoms with van der Waals surface area (Å²) in [7, 11) is 0. The number of thiocarbonyl (C=S) groups is 1. The molecule has 1 aliphatic heterocycles. The molecule has 1 amide bonds. The quantitative estimate of drug-likeness (QED) is 0.392. The second kappa shape index (κ2) is 9.51. The molecule has 0 atom stereocenters. The number of ketones is 1. The molecular formula is C23H21N3O4S2. The van der Waals surface area contributed by atoms with E-state index >= 15 is 0 Å². The molecule has 0 saturated carbocycles. The molecule has 0 spiro atoms. The second-order valence-corrected chi connectivity index (χ2v) is 9.17. The predicted molar refractivity (Wildman–Crippen MR) is 127 cm³/mol. The Balaban J connectivity index is 1.85. The predicted octanol–water partition coefficient (Wildman–Crippen LogP) is 3.79. The van der Waals surface area contributed by atoms with Crippen molar-refractivity contribution in [2.45, 2.75) is 33.2 Å². The van der Waals surface area contributed by atoms with Crippen molar-refractivity contribution in [2.75, 3.05) is 6.54 Å². The van der Waals surface area contributed by atoms with Crippen LogP contribution < -0.4 is 5.56 Å². The van der Waals surface area contributed by atoms with Crippen molar-refractivity contribution in [3.8, 4) is 11.9 Å². The SMILES string of the molecule is Cc1c(C(=O)CCN2C(=O)/C(=C/c3ccccc3)SC2=S)c(O)n(C(C)C)c(=O)c1C#N. The molecule has 9 heteroatoms. The van der Waals surface area contributed by atoms with E-state index in [0.717, 1.165) is 21.9 Å². The Morgan fingerprint density at radius 2 is 1.94 bits per heavy atom. The van der Waals surface area contributed by atoms with Gasteiger partial charge in [-0.25, -0.2) is 0 Å². The van der Waals surface area contributed by atoms with Crippen LogP contribution in [0.25, 0.3) is 6.08 Å². The lowest BCUT2D eigenvalue weighted by molar-refractivity contribution is -0.122. The number of carbonyl (C=O) groups is 2. The van der Waals surface area contributed by atoms with Gasteiger partial charge in [0.1, 0.15) is 16.0 Å². The van der Waals surface area contributed by atoms with Crippen LogP contribution in [0.3, 0.4) is 0 Å². The van der Waals surface area contributed by atoms with Crippen molar-refractivity contribution in [1.82, 2.24) is 9.47 Å². The minimum atomic E-state index is -0.642. The lowest BCUT2D eigenvalue weighted by Crippen LogP contribution is -2.31. The Kier molecular flexibility index (Phi) is 6.96. The molecule has 1 saturated heterocycles. The van der Waals surface area contributed by atoms with Gasteiger partial charge in [0.2, 0.25) is 5.88 Å². The van der Waals surface area contributed by atoms with Crippen molar-refractivity contribution < 1.29 is 14.7 Å². The van der Waals surface area contributed by atoms with Crippen molar-refractivity contribution in [1.29, 1.82) is 5.26 Å². The highest BCUT2D eigenvalue weighted by Crippen LogP contribution is 2.33. The third-order valence-electron chi connectivity index (χ3n) is 5.07. The monoisotopic (exact) mass is 467 g/mol. The van der Waals surface area contributed by atoms with E-state index in [0.29, 0.717) is 9.23 Å². The average Bonchev–Trinajstić information content (AvgIpc) is 2.99. The zero-order chi connectivity index (χ0) is 23.6. The van der Waals surface area contributed by atoms with Gasteiger partial charge in [-0.05, 0) is 38.0 Å². The molecule has 1 aliphatic rings. The fourth-order valence-electron chi connectivity index (χ4n) is 3.47. The number of Topliss-reactive ketones (excluding diaryl/α,β-unsaturated/α-hetero) is 1. The highest BCUT2D eigenvalue weighted by atomic mass is 32.2. The average molecular weight is 468 g/mol. The molecule has 1 fully saturated rings. The summed E-state index contributed by atoms with van der Waals surface area (Å²) in [6.07, 6.45) is 1.62. The van der Waals surface area contributed by atoms with Gasteiger partial charge in [-0.3, -0.25) is 23.9 Å². The maximum absolute atomic E-state index is 13.0. The van der Waals surface area contributed by atoms with E-state index in [1.54, 1.807) is 19.9 Å².